The Kier molecular flexibility index (Phi) is 4.45. The molecule has 3 heteroatoms. The monoisotopic (exact) mass is 125 g/mol. The molecule has 7 heavy (non-hydrogen) atoms. The number of alkyl halides is 2. The number of hydrogen-bond acceptors (Lipinski definition) is 1. The highest BCUT2D eigenvalue weighted by molar-refractivity contribution is 6.17. The van der Waals surface area contributed by atoms with Gasteiger partial charge in [-0.3, -0.25) is 0 Å². The molecule has 0 fully saturated rings. The minimum Gasteiger partial charge on any atom is -0.302 e. The summed E-state index contributed by atoms with van der Waals surface area (Å²) in [6.07, 6.45) is -0.137. The predicted octanol–water partition coefficient (Wildman–Crippen LogP) is 1.26. The van der Waals surface area contributed by atoms with Crippen molar-refractivity contribution >= 4 is 11.6 Å². The van der Waals surface area contributed by atoms with E-state index in [1.54, 1.807) is 0 Å². The predicted molar refractivity (Wildman–Crippen MR) is 29.0 cm³/mol. The van der Waals surface area contributed by atoms with Crippen molar-refractivity contribution in [2.24, 2.45) is 5.73 Å². The van der Waals surface area contributed by atoms with Crippen molar-refractivity contribution in [2.45, 2.75) is 19.1 Å². The van der Waals surface area contributed by atoms with Crippen LogP contribution in [0.25, 0.3) is 0 Å². The van der Waals surface area contributed by atoms with Crippen LogP contribution in [0.4, 0.5) is 4.39 Å². The quantitative estimate of drug-likeness (QED) is 0.446. The van der Waals surface area contributed by atoms with Crippen LogP contribution in [-0.2, 0) is 0 Å². The molecule has 0 amide bonds. The molecule has 0 radical (unpaired) electrons. The third-order valence-electron chi connectivity index (χ3n) is 0.614. The number of nitrogens with two attached hydrogens (primary N) is 1. The first kappa shape index (κ1) is 7.18. The van der Waals surface area contributed by atoms with E-state index in [2.05, 4.69) is 0 Å². The van der Waals surface area contributed by atoms with Crippen LogP contribution in [0.1, 0.15) is 12.8 Å². The van der Waals surface area contributed by atoms with Crippen LogP contribution in [0.2, 0.25) is 0 Å². The smallest absolute Gasteiger partial charge is 0.148 e. The maximum Gasteiger partial charge on any atom is 0.148 e. The van der Waals surface area contributed by atoms with Gasteiger partial charge >= 0.3 is 0 Å². The molecule has 0 aromatic carbocycles. The van der Waals surface area contributed by atoms with Gasteiger partial charge in [-0.05, 0) is 12.8 Å². The maximum atomic E-state index is 11.6. The fourth-order valence-corrected chi connectivity index (χ4v) is 0.426. The lowest BCUT2D eigenvalue weighted by molar-refractivity contribution is 0.322. The summed E-state index contributed by atoms with van der Waals surface area (Å²) in [6, 6.07) is 0. The zero-order valence-corrected chi connectivity index (χ0v) is 4.79. The standard InChI is InChI=1S/C4H9ClFN/c5-3-1-2-4(6)7/h4H,1-3,7H2/t4-/m0/s1. The van der Waals surface area contributed by atoms with Crippen molar-refractivity contribution in [3.05, 3.63) is 0 Å². The van der Waals surface area contributed by atoms with Gasteiger partial charge in [0.05, 0.1) is 0 Å². The van der Waals surface area contributed by atoms with Gasteiger partial charge in [0.2, 0.25) is 0 Å². The molecule has 0 bridgehead atoms. The van der Waals surface area contributed by atoms with E-state index in [0.29, 0.717) is 18.7 Å². The lowest BCUT2D eigenvalue weighted by Crippen LogP contribution is -2.12. The first-order valence-electron chi connectivity index (χ1n) is 2.23. The molecule has 44 valence electrons. The van der Waals surface area contributed by atoms with E-state index in [-0.39, 0.29) is 0 Å². The van der Waals surface area contributed by atoms with Gasteiger partial charge in [0.25, 0.3) is 0 Å². The van der Waals surface area contributed by atoms with Crippen LogP contribution in [0.3, 0.4) is 0 Å². The molecule has 0 spiro atoms. The van der Waals surface area contributed by atoms with Gasteiger partial charge in [0.15, 0.2) is 0 Å². The largest absolute Gasteiger partial charge is 0.302 e. The summed E-state index contributed by atoms with van der Waals surface area (Å²) in [5.41, 5.74) is 4.75. The van der Waals surface area contributed by atoms with Crippen LogP contribution in [0.5, 0.6) is 0 Å². The van der Waals surface area contributed by atoms with Gasteiger partial charge in [-0.2, -0.15) is 0 Å². The zero-order chi connectivity index (χ0) is 5.70. The van der Waals surface area contributed by atoms with Crippen molar-refractivity contribution in [1.29, 1.82) is 0 Å². The Labute approximate surface area is 47.6 Å². The Morgan fingerprint density at radius 1 is 1.71 bits per heavy atom. The maximum absolute atomic E-state index is 11.6. The molecular weight excluding hydrogens is 117 g/mol. The molecule has 1 atom stereocenters. The SMILES string of the molecule is N[C@H](F)CCCCl. The molecule has 0 aromatic heterocycles. The Hall–Kier alpha value is 0.180. The molecule has 1 nitrogen and oxygen atoms in total. The van der Waals surface area contributed by atoms with E-state index in [1.165, 1.54) is 0 Å². The number of hydrogen-bond donors (Lipinski definition) is 1. The summed E-state index contributed by atoms with van der Waals surface area (Å²) in [7, 11) is 0. The second-order valence-corrected chi connectivity index (χ2v) is 1.73. The first-order valence-corrected chi connectivity index (χ1v) is 2.76. The molecule has 0 saturated heterocycles. The zero-order valence-electron chi connectivity index (χ0n) is 4.03. The molecule has 0 aliphatic heterocycles. The van der Waals surface area contributed by atoms with Crippen LogP contribution < -0.4 is 5.73 Å². The normalized spacial score (nSPS) is 14.1. The summed E-state index contributed by atoms with van der Waals surface area (Å²) in [5, 5.41) is 0. The summed E-state index contributed by atoms with van der Waals surface area (Å²) < 4.78 is 11.6. The van der Waals surface area contributed by atoms with Gasteiger partial charge in [-0.1, -0.05) is 0 Å². The minimum atomic E-state index is -1.18. The third-order valence-corrected chi connectivity index (χ3v) is 0.881. The van der Waals surface area contributed by atoms with E-state index >= 15 is 0 Å². The number of halogens is 2. The average molecular weight is 126 g/mol. The minimum absolute atomic E-state index is 0.378. The highest BCUT2D eigenvalue weighted by Crippen LogP contribution is 1.95. The molecule has 0 aromatic rings. The second kappa shape index (κ2) is 4.34. The van der Waals surface area contributed by atoms with Crippen molar-refractivity contribution in [2.75, 3.05) is 5.88 Å². The lowest BCUT2D eigenvalue weighted by Gasteiger charge is -1.94. The topological polar surface area (TPSA) is 26.0 Å². The van der Waals surface area contributed by atoms with Crippen molar-refractivity contribution in [3.8, 4) is 0 Å². The Bertz CT molecular complexity index is 40.7. The Balaban J connectivity index is 2.68. The Morgan fingerprint density at radius 3 is 2.43 bits per heavy atom. The van der Waals surface area contributed by atoms with Crippen LogP contribution in [-0.4, -0.2) is 12.2 Å². The van der Waals surface area contributed by atoms with E-state index in [1.807, 2.05) is 0 Å². The van der Waals surface area contributed by atoms with Gasteiger partial charge in [-0.15, -0.1) is 11.6 Å². The fourth-order valence-electron chi connectivity index (χ4n) is 0.272. The second-order valence-electron chi connectivity index (χ2n) is 1.35. The van der Waals surface area contributed by atoms with Gasteiger partial charge in [-0.25, -0.2) is 4.39 Å². The summed E-state index contributed by atoms with van der Waals surface area (Å²) in [4.78, 5) is 0. The highest BCUT2D eigenvalue weighted by Gasteiger charge is 1.93. The van der Waals surface area contributed by atoms with Crippen molar-refractivity contribution in [1.82, 2.24) is 0 Å². The summed E-state index contributed by atoms with van der Waals surface area (Å²) >= 11 is 5.22. The van der Waals surface area contributed by atoms with E-state index in [4.69, 9.17) is 17.3 Å². The number of rotatable bonds is 3. The molecule has 0 unspecified atom stereocenters. The first-order chi connectivity index (χ1) is 3.27. The molecular formula is C4H9ClFN. The Morgan fingerprint density at radius 2 is 2.29 bits per heavy atom. The summed E-state index contributed by atoms with van der Waals surface area (Å²) in [5.74, 6) is 0.498. The van der Waals surface area contributed by atoms with Crippen LogP contribution in [0.15, 0.2) is 0 Å². The van der Waals surface area contributed by atoms with E-state index in [0.717, 1.165) is 0 Å². The summed E-state index contributed by atoms with van der Waals surface area (Å²) in [6.45, 7) is 0. The van der Waals surface area contributed by atoms with E-state index < -0.39 is 6.30 Å². The highest BCUT2D eigenvalue weighted by atomic mass is 35.5. The average Bonchev–Trinajstić information content (AvgIpc) is 1.61. The van der Waals surface area contributed by atoms with Crippen molar-refractivity contribution < 1.29 is 4.39 Å². The fraction of sp³-hybridized carbons (Fsp3) is 1.00. The van der Waals surface area contributed by atoms with Gasteiger partial charge in [0.1, 0.15) is 6.30 Å². The molecule has 0 saturated carbocycles. The van der Waals surface area contributed by atoms with Crippen molar-refractivity contribution in [3.63, 3.8) is 0 Å². The molecule has 2 N–H and O–H groups in total. The van der Waals surface area contributed by atoms with E-state index in [9.17, 15) is 4.39 Å². The van der Waals surface area contributed by atoms with Gasteiger partial charge in [0, 0.05) is 5.88 Å². The molecule has 0 heterocycles. The molecule has 0 aliphatic rings. The van der Waals surface area contributed by atoms with Crippen LogP contribution in [0, 0.1) is 0 Å². The third kappa shape index (κ3) is 6.18. The molecule has 0 aliphatic carbocycles. The van der Waals surface area contributed by atoms with Crippen LogP contribution >= 0.6 is 11.6 Å². The molecule has 0 rings (SSSR count). The van der Waals surface area contributed by atoms with Gasteiger partial charge < -0.3 is 5.73 Å². The lowest BCUT2D eigenvalue weighted by atomic mass is 10.3.